The Morgan fingerprint density at radius 3 is 0.933 bits per heavy atom. The van der Waals surface area contributed by atoms with Gasteiger partial charge in [0.1, 0.15) is 5.57 Å². The zero-order valence-electron chi connectivity index (χ0n) is 6.90. The molecule has 0 aliphatic carbocycles. The smallest absolute Gasteiger partial charge is 0.166 e. The van der Waals surface area contributed by atoms with Crippen molar-refractivity contribution in [3.8, 4) is 0 Å². The van der Waals surface area contributed by atoms with Crippen LogP contribution in [0.15, 0.2) is 11.1 Å². The van der Waals surface area contributed by atoms with Crippen LogP contribution < -0.4 is 0 Å². The van der Waals surface area contributed by atoms with Crippen molar-refractivity contribution >= 4 is 0 Å². The zero-order valence-corrected chi connectivity index (χ0v) is 6.90. The molecular formula is C6H3F9. The third-order valence-electron chi connectivity index (χ3n) is 1.37. The number of allylic oxidation sites excluding steroid dienone is 2. The highest BCUT2D eigenvalue weighted by molar-refractivity contribution is 5.25. The van der Waals surface area contributed by atoms with E-state index < -0.39 is 29.7 Å². The summed E-state index contributed by atoms with van der Waals surface area (Å²) in [5, 5.41) is 0. The maximum atomic E-state index is 11.7. The lowest BCUT2D eigenvalue weighted by atomic mass is 10.1. The van der Waals surface area contributed by atoms with E-state index in [1.54, 1.807) is 0 Å². The van der Waals surface area contributed by atoms with Crippen LogP contribution >= 0.6 is 0 Å². The van der Waals surface area contributed by atoms with Crippen molar-refractivity contribution in [3.05, 3.63) is 11.1 Å². The van der Waals surface area contributed by atoms with Gasteiger partial charge in [0.05, 0.1) is 0 Å². The molecule has 0 saturated heterocycles. The molecule has 0 aromatic rings. The molecule has 0 bridgehead atoms. The lowest BCUT2D eigenvalue weighted by Crippen LogP contribution is -2.31. The van der Waals surface area contributed by atoms with E-state index in [4.69, 9.17) is 0 Å². The minimum Gasteiger partial charge on any atom is -0.166 e. The maximum absolute atomic E-state index is 11.7. The molecule has 0 heterocycles. The van der Waals surface area contributed by atoms with Crippen LogP contribution in [0.3, 0.4) is 0 Å². The fourth-order valence-electron chi connectivity index (χ4n) is 0.728. The molecule has 0 fully saturated rings. The van der Waals surface area contributed by atoms with Gasteiger partial charge >= 0.3 is 18.5 Å². The summed E-state index contributed by atoms with van der Waals surface area (Å²) in [6, 6.07) is 0. The van der Waals surface area contributed by atoms with Gasteiger partial charge in [0.25, 0.3) is 0 Å². The first-order valence-electron chi connectivity index (χ1n) is 3.20. The van der Waals surface area contributed by atoms with Crippen LogP contribution in [0.25, 0.3) is 0 Å². The van der Waals surface area contributed by atoms with Crippen LogP contribution in [0.4, 0.5) is 39.5 Å². The lowest BCUT2D eigenvalue weighted by Gasteiger charge is -2.19. The van der Waals surface area contributed by atoms with E-state index >= 15 is 0 Å². The molecule has 0 amide bonds. The first-order chi connectivity index (χ1) is 6.28. The molecule has 0 spiro atoms. The van der Waals surface area contributed by atoms with E-state index in [2.05, 4.69) is 0 Å². The Morgan fingerprint density at radius 1 is 0.600 bits per heavy atom. The average Bonchev–Trinajstić information content (AvgIpc) is 1.76. The van der Waals surface area contributed by atoms with Gasteiger partial charge in [0.2, 0.25) is 0 Å². The highest BCUT2D eigenvalue weighted by Crippen LogP contribution is 2.44. The molecule has 0 aromatic heterocycles. The van der Waals surface area contributed by atoms with Crippen LogP contribution in [0.2, 0.25) is 0 Å². The van der Waals surface area contributed by atoms with E-state index in [0.29, 0.717) is 0 Å². The van der Waals surface area contributed by atoms with Gasteiger partial charge in [-0.05, 0) is 6.92 Å². The largest absolute Gasteiger partial charge is 0.421 e. The van der Waals surface area contributed by atoms with Gasteiger partial charge in [-0.1, -0.05) is 0 Å². The van der Waals surface area contributed by atoms with Gasteiger partial charge in [-0.15, -0.1) is 0 Å². The Labute approximate surface area is 77.4 Å². The second-order valence-corrected chi connectivity index (χ2v) is 2.49. The summed E-state index contributed by atoms with van der Waals surface area (Å²) in [5.41, 5.74) is -6.23. The molecule has 90 valence electrons. The van der Waals surface area contributed by atoms with Crippen LogP contribution in [0.1, 0.15) is 6.92 Å². The minimum atomic E-state index is -6.09. The Hall–Kier alpha value is -0.890. The molecule has 0 saturated carbocycles. The van der Waals surface area contributed by atoms with E-state index in [-0.39, 0.29) is 6.92 Å². The molecule has 0 aliphatic rings. The normalized spacial score (nSPS) is 14.0. The van der Waals surface area contributed by atoms with Crippen LogP contribution in [-0.2, 0) is 0 Å². The maximum Gasteiger partial charge on any atom is 0.421 e. The molecule has 0 N–H and O–H groups in total. The van der Waals surface area contributed by atoms with Crippen molar-refractivity contribution in [3.63, 3.8) is 0 Å². The number of alkyl halides is 9. The summed E-state index contributed by atoms with van der Waals surface area (Å²) in [6.07, 6.45) is -17.8. The fourth-order valence-corrected chi connectivity index (χ4v) is 0.728. The topological polar surface area (TPSA) is 0 Å². The van der Waals surface area contributed by atoms with Gasteiger partial charge in [-0.25, -0.2) is 0 Å². The molecule has 0 nitrogen and oxygen atoms in total. The standard InChI is InChI=1S/C6H3F9/c1-2(4(7,8)9)3(5(10,11)12)6(13,14)15/h1H3. The quantitative estimate of drug-likeness (QED) is 0.447. The van der Waals surface area contributed by atoms with Crippen molar-refractivity contribution in [2.45, 2.75) is 25.5 Å². The first kappa shape index (κ1) is 14.1. The van der Waals surface area contributed by atoms with E-state index in [1.807, 2.05) is 0 Å². The Morgan fingerprint density at radius 2 is 0.867 bits per heavy atom. The molecule has 0 radical (unpaired) electrons. The Bertz CT molecular complexity index is 244. The van der Waals surface area contributed by atoms with Crippen molar-refractivity contribution in [2.24, 2.45) is 0 Å². The van der Waals surface area contributed by atoms with Gasteiger partial charge in [-0.3, -0.25) is 0 Å². The van der Waals surface area contributed by atoms with Gasteiger partial charge in [0.15, 0.2) is 0 Å². The Kier molecular flexibility index (Phi) is 3.39. The van der Waals surface area contributed by atoms with Gasteiger partial charge < -0.3 is 0 Å². The van der Waals surface area contributed by atoms with E-state index in [9.17, 15) is 39.5 Å². The molecule has 0 aliphatic heterocycles. The van der Waals surface area contributed by atoms with Crippen molar-refractivity contribution in [1.82, 2.24) is 0 Å². The lowest BCUT2D eigenvalue weighted by molar-refractivity contribution is -0.181. The molecule has 0 unspecified atom stereocenters. The second-order valence-electron chi connectivity index (χ2n) is 2.49. The first-order valence-corrected chi connectivity index (χ1v) is 3.20. The minimum absolute atomic E-state index is 0.268. The summed E-state index contributed by atoms with van der Waals surface area (Å²) in [6.45, 7) is -0.268. The second kappa shape index (κ2) is 3.60. The predicted octanol–water partition coefficient (Wildman–Crippen LogP) is 3.99. The van der Waals surface area contributed by atoms with E-state index in [1.165, 1.54) is 0 Å². The summed E-state index contributed by atoms with van der Waals surface area (Å²) in [5.74, 6) is 0. The highest BCUT2D eigenvalue weighted by Gasteiger charge is 2.55. The number of hydrogen-bond donors (Lipinski definition) is 0. The average molecular weight is 246 g/mol. The fraction of sp³-hybridized carbons (Fsp3) is 0.667. The van der Waals surface area contributed by atoms with Crippen LogP contribution in [0.5, 0.6) is 0 Å². The van der Waals surface area contributed by atoms with Crippen molar-refractivity contribution < 1.29 is 39.5 Å². The third-order valence-corrected chi connectivity index (χ3v) is 1.37. The van der Waals surface area contributed by atoms with Crippen LogP contribution in [-0.4, -0.2) is 18.5 Å². The monoisotopic (exact) mass is 246 g/mol. The molecule has 0 aromatic carbocycles. The number of halogens is 9. The number of hydrogen-bond acceptors (Lipinski definition) is 0. The number of rotatable bonds is 0. The zero-order chi connectivity index (χ0) is 12.7. The third kappa shape index (κ3) is 3.63. The van der Waals surface area contributed by atoms with Crippen molar-refractivity contribution in [1.29, 1.82) is 0 Å². The summed E-state index contributed by atoms with van der Waals surface area (Å²) < 4.78 is 105. The molecular weight excluding hydrogens is 243 g/mol. The molecule has 9 heteroatoms. The summed E-state index contributed by atoms with van der Waals surface area (Å²) in [7, 11) is 0. The van der Waals surface area contributed by atoms with E-state index in [0.717, 1.165) is 0 Å². The van der Waals surface area contributed by atoms with Crippen molar-refractivity contribution in [2.75, 3.05) is 0 Å². The predicted molar refractivity (Wildman–Crippen MR) is 30.9 cm³/mol. The summed E-state index contributed by atoms with van der Waals surface area (Å²) >= 11 is 0. The summed E-state index contributed by atoms with van der Waals surface area (Å²) in [4.78, 5) is 0. The molecule has 0 rings (SSSR count). The van der Waals surface area contributed by atoms with Gasteiger partial charge in [0, 0.05) is 5.57 Å². The Balaban J connectivity index is 5.71. The molecule has 0 atom stereocenters. The molecule has 15 heavy (non-hydrogen) atoms. The SMILES string of the molecule is CC(=C(C(F)(F)F)C(F)(F)F)C(F)(F)F. The van der Waals surface area contributed by atoms with Crippen LogP contribution in [0, 0.1) is 0 Å². The van der Waals surface area contributed by atoms with Gasteiger partial charge in [-0.2, -0.15) is 39.5 Å². The highest BCUT2D eigenvalue weighted by atomic mass is 19.4.